The fourth-order valence-corrected chi connectivity index (χ4v) is 6.57. The number of carboxylic acid groups (broad SMARTS) is 1. The van der Waals surface area contributed by atoms with Crippen LogP contribution in [0.5, 0.6) is 17.2 Å². The summed E-state index contributed by atoms with van der Waals surface area (Å²) in [5.74, 6) is 0.337. The average Bonchev–Trinajstić information content (AvgIpc) is 3.04. The van der Waals surface area contributed by atoms with Crippen molar-refractivity contribution >= 4 is 61.6 Å². The lowest BCUT2D eigenvalue weighted by molar-refractivity contribution is 0.0693. The van der Waals surface area contributed by atoms with E-state index < -0.39 is 22.0 Å². The number of methoxy groups -OCH3 is 1. The third kappa shape index (κ3) is 8.65. The van der Waals surface area contributed by atoms with E-state index in [2.05, 4.69) is 20.3 Å². The van der Waals surface area contributed by atoms with Crippen molar-refractivity contribution in [1.29, 1.82) is 0 Å². The highest BCUT2D eigenvalue weighted by Gasteiger charge is 2.22. The molecule has 0 atom stereocenters. The predicted octanol–water partition coefficient (Wildman–Crippen LogP) is 8.36. The minimum Gasteiger partial charge on any atom is -0.492 e. The van der Waals surface area contributed by atoms with Gasteiger partial charge in [-0.3, -0.25) is 9.71 Å². The lowest BCUT2D eigenvalue weighted by atomic mass is 9.86. The monoisotopic (exact) mass is 714 g/mol. The van der Waals surface area contributed by atoms with Crippen LogP contribution in [-0.4, -0.2) is 50.1 Å². The lowest BCUT2D eigenvalue weighted by Crippen LogP contribution is -2.22. The van der Waals surface area contributed by atoms with Crippen molar-refractivity contribution in [2.45, 2.75) is 37.5 Å². The van der Waals surface area contributed by atoms with Crippen molar-refractivity contribution < 1.29 is 32.6 Å². The summed E-state index contributed by atoms with van der Waals surface area (Å²) in [5, 5.41) is 16.7. The van der Waals surface area contributed by atoms with Crippen LogP contribution in [0.25, 0.3) is 10.8 Å². The van der Waals surface area contributed by atoms with Gasteiger partial charge in [-0.25, -0.2) is 18.0 Å². The number of aromatic nitrogens is 1. The molecule has 0 spiro atoms. The quantitative estimate of drug-likeness (QED) is 0.0988. The van der Waals surface area contributed by atoms with Crippen molar-refractivity contribution in [2.24, 2.45) is 0 Å². The molecule has 0 aliphatic rings. The molecule has 0 aliphatic heterocycles. The number of sulfonamides is 1. The van der Waals surface area contributed by atoms with Gasteiger partial charge in [0.15, 0.2) is 5.75 Å². The maximum Gasteiger partial charge on any atom is 0.336 e. The Labute approximate surface area is 295 Å². The summed E-state index contributed by atoms with van der Waals surface area (Å²) in [6.45, 7) is 5.94. The number of urea groups is 1. The smallest absolute Gasteiger partial charge is 0.336 e. The second kappa shape index (κ2) is 14.7. The van der Waals surface area contributed by atoms with E-state index >= 15 is 0 Å². The fraction of sp³-hybridized carbons (Fsp3) is 0.216. The number of fused-ring (bicyclic) bond motifs is 1. The van der Waals surface area contributed by atoms with Gasteiger partial charge in [0.25, 0.3) is 0 Å². The topological polar surface area (TPSA) is 156 Å². The number of thioether (sulfide) groups is 1. The molecule has 0 radical (unpaired) electrons. The van der Waals surface area contributed by atoms with Crippen LogP contribution in [-0.2, 0) is 21.9 Å². The van der Waals surface area contributed by atoms with E-state index in [0.717, 1.165) is 33.8 Å². The van der Waals surface area contributed by atoms with Gasteiger partial charge in [-0.05, 0) is 65.3 Å². The van der Waals surface area contributed by atoms with Gasteiger partial charge in [0.05, 0.1) is 36.0 Å². The van der Waals surface area contributed by atoms with Crippen LogP contribution in [0.3, 0.4) is 0 Å². The Bertz CT molecular complexity index is 2200. The molecular formula is C37H38N4O7S2. The number of hydrogen-bond acceptors (Lipinski definition) is 8. The van der Waals surface area contributed by atoms with Gasteiger partial charge >= 0.3 is 12.0 Å². The van der Waals surface area contributed by atoms with E-state index in [0.29, 0.717) is 34.2 Å². The second-order valence-electron chi connectivity index (χ2n) is 12.6. The SMILES string of the molecule is COc1c(NC(=O)Nc2ccc(Oc3ccnc(Cc4ccc(C(=O)O)c(SC)c4)c3)c3ccccc23)cc(C(C)(C)C)cc1NS(C)(=O)=O. The van der Waals surface area contributed by atoms with Gasteiger partial charge in [-0.15, -0.1) is 11.8 Å². The summed E-state index contributed by atoms with van der Waals surface area (Å²) in [4.78, 5) is 30.1. The standard InChI is InChI=1S/C37H38N4O7S2/c1-37(2,3)23-19-30(34(47-4)31(20-23)41-50(6,45)46)40-36(44)39-29-13-14-32(27-10-8-7-9-26(27)29)48-25-15-16-38-24(21-25)17-22-11-12-28(35(42)43)33(18-22)49-5/h7-16,18-21,41H,17H2,1-6H3,(H,42,43)(H2,39,40,44). The number of rotatable bonds is 11. The summed E-state index contributed by atoms with van der Waals surface area (Å²) in [6, 6.07) is 22.8. The molecule has 0 saturated carbocycles. The van der Waals surface area contributed by atoms with E-state index in [9.17, 15) is 23.1 Å². The highest BCUT2D eigenvalue weighted by atomic mass is 32.2. The summed E-state index contributed by atoms with van der Waals surface area (Å²) in [7, 11) is -2.23. The number of nitrogens with one attached hydrogen (secondary N) is 3. The Morgan fingerprint density at radius 3 is 2.26 bits per heavy atom. The van der Waals surface area contributed by atoms with Crippen molar-refractivity contribution in [3.05, 3.63) is 107 Å². The Morgan fingerprint density at radius 2 is 1.60 bits per heavy atom. The number of carboxylic acids is 1. The Morgan fingerprint density at radius 1 is 0.900 bits per heavy atom. The normalized spacial score (nSPS) is 11.6. The first-order valence-corrected chi connectivity index (χ1v) is 18.6. The molecule has 13 heteroatoms. The zero-order valence-corrected chi connectivity index (χ0v) is 30.1. The first kappa shape index (κ1) is 36.0. The predicted molar refractivity (Wildman–Crippen MR) is 199 cm³/mol. The number of hydrogen-bond donors (Lipinski definition) is 4. The minimum atomic E-state index is -3.63. The Kier molecular flexibility index (Phi) is 10.6. The number of pyridine rings is 1. The summed E-state index contributed by atoms with van der Waals surface area (Å²) < 4.78 is 38.6. The number of benzene rings is 4. The number of carbonyl (C=O) groups excluding carboxylic acids is 1. The molecule has 260 valence electrons. The van der Waals surface area contributed by atoms with Crippen LogP contribution in [0.2, 0.25) is 0 Å². The summed E-state index contributed by atoms with van der Waals surface area (Å²) in [6.07, 6.45) is 5.04. The van der Waals surface area contributed by atoms with Gasteiger partial charge in [0.1, 0.15) is 11.5 Å². The van der Waals surface area contributed by atoms with Gasteiger partial charge in [0.2, 0.25) is 10.0 Å². The summed E-state index contributed by atoms with van der Waals surface area (Å²) >= 11 is 1.38. The van der Waals surface area contributed by atoms with Crippen molar-refractivity contribution in [1.82, 2.24) is 4.98 Å². The van der Waals surface area contributed by atoms with Crippen LogP contribution >= 0.6 is 11.8 Å². The highest BCUT2D eigenvalue weighted by molar-refractivity contribution is 7.98. The first-order chi connectivity index (χ1) is 23.6. The van der Waals surface area contributed by atoms with E-state index in [4.69, 9.17) is 9.47 Å². The number of anilines is 3. The summed E-state index contributed by atoms with van der Waals surface area (Å²) in [5.41, 5.74) is 3.39. The number of nitrogens with zero attached hydrogens (tertiary/aromatic N) is 1. The molecular weight excluding hydrogens is 677 g/mol. The molecule has 5 rings (SSSR count). The molecule has 0 aliphatic carbocycles. The zero-order valence-electron chi connectivity index (χ0n) is 28.5. The average molecular weight is 715 g/mol. The van der Waals surface area contributed by atoms with Crippen molar-refractivity contribution in [2.75, 3.05) is 35.0 Å². The van der Waals surface area contributed by atoms with E-state index in [1.54, 1.807) is 48.7 Å². The molecule has 5 aromatic rings. The number of ether oxygens (including phenoxy) is 2. The molecule has 4 aromatic carbocycles. The zero-order chi connectivity index (χ0) is 36.2. The third-order valence-electron chi connectivity index (χ3n) is 7.73. The molecule has 1 heterocycles. The van der Waals surface area contributed by atoms with E-state index in [1.807, 2.05) is 63.4 Å². The number of amides is 2. The second-order valence-corrected chi connectivity index (χ2v) is 15.2. The van der Waals surface area contributed by atoms with Crippen LogP contribution in [0.1, 0.15) is 48.0 Å². The van der Waals surface area contributed by atoms with Crippen molar-refractivity contribution in [3.8, 4) is 17.2 Å². The van der Waals surface area contributed by atoms with Crippen LogP contribution in [0.15, 0.2) is 90.0 Å². The highest BCUT2D eigenvalue weighted by Crippen LogP contribution is 2.40. The molecule has 0 fully saturated rings. The first-order valence-electron chi connectivity index (χ1n) is 15.5. The van der Waals surface area contributed by atoms with E-state index in [1.165, 1.54) is 18.9 Å². The molecule has 0 unspecified atom stereocenters. The van der Waals surface area contributed by atoms with Crippen LogP contribution in [0.4, 0.5) is 21.9 Å². The number of aromatic carboxylic acids is 1. The molecule has 11 nitrogen and oxygen atoms in total. The maximum atomic E-state index is 13.4. The van der Waals surface area contributed by atoms with Gasteiger partial charge in [-0.2, -0.15) is 0 Å². The molecule has 1 aromatic heterocycles. The van der Waals surface area contributed by atoms with Gasteiger partial charge in [-0.1, -0.05) is 51.1 Å². The van der Waals surface area contributed by atoms with Crippen LogP contribution < -0.4 is 24.8 Å². The van der Waals surface area contributed by atoms with Crippen LogP contribution in [0, 0.1) is 0 Å². The van der Waals surface area contributed by atoms with Gasteiger partial charge < -0.3 is 25.2 Å². The number of carbonyl (C=O) groups is 2. The molecule has 0 saturated heterocycles. The largest absolute Gasteiger partial charge is 0.492 e. The Balaban J connectivity index is 1.39. The van der Waals surface area contributed by atoms with E-state index in [-0.39, 0.29) is 22.4 Å². The van der Waals surface area contributed by atoms with Gasteiger partial charge in [0, 0.05) is 40.0 Å². The molecule has 4 N–H and O–H groups in total. The third-order valence-corrected chi connectivity index (χ3v) is 9.10. The molecule has 0 bridgehead atoms. The lowest BCUT2D eigenvalue weighted by Gasteiger charge is -2.24. The minimum absolute atomic E-state index is 0.172. The molecule has 50 heavy (non-hydrogen) atoms. The molecule has 2 amide bonds. The Hall–Kier alpha value is -5.27. The fourth-order valence-electron chi connectivity index (χ4n) is 5.37. The maximum absolute atomic E-state index is 13.4. The van der Waals surface area contributed by atoms with Crippen molar-refractivity contribution in [3.63, 3.8) is 0 Å².